The van der Waals surface area contributed by atoms with Crippen LogP contribution in [0.3, 0.4) is 0 Å². The molecule has 2 heterocycles. The minimum absolute atomic E-state index is 0. The van der Waals surface area contributed by atoms with Gasteiger partial charge in [-0.2, -0.15) is 0 Å². The Morgan fingerprint density at radius 1 is 1.15 bits per heavy atom. The smallest absolute Gasteiger partial charge is 0.227 e. The van der Waals surface area contributed by atoms with Crippen LogP contribution >= 0.6 is 24.8 Å². The lowest BCUT2D eigenvalue weighted by Crippen LogP contribution is -2.36. The van der Waals surface area contributed by atoms with E-state index in [1.807, 2.05) is 42.5 Å². The Kier molecular flexibility index (Phi) is 9.37. The molecule has 1 aromatic heterocycles. The van der Waals surface area contributed by atoms with Gasteiger partial charge in [0.1, 0.15) is 5.82 Å². The maximum Gasteiger partial charge on any atom is 0.227 e. The normalized spacial score (nSPS) is 14.6. The van der Waals surface area contributed by atoms with Gasteiger partial charge in [-0.3, -0.25) is 4.79 Å². The van der Waals surface area contributed by atoms with Crippen LogP contribution in [0.25, 0.3) is 0 Å². The molecule has 1 unspecified atom stereocenters. The zero-order chi connectivity index (χ0) is 16.8. The number of hydrogen-bond donors (Lipinski definition) is 2. The van der Waals surface area contributed by atoms with Crippen molar-refractivity contribution in [2.75, 3.05) is 36.5 Å². The number of halogens is 2. The molecule has 0 aliphatic carbocycles. The summed E-state index contributed by atoms with van der Waals surface area (Å²) in [4.78, 5) is 18.7. The average molecular weight is 399 g/mol. The van der Waals surface area contributed by atoms with Crippen molar-refractivity contribution >= 4 is 42.2 Å². The first kappa shape index (κ1) is 22.2. The van der Waals surface area contributed by atoms with E-state index in [1.54, 1.807) is 6.20 Å². The highest BCUT2D eigenvalue weighted by Gasteiger charge is 2.14. The van der Waals surface area contributed by atoms with E-state index < -0.39 is 0 Å². The van der Waals surface area contributed by atoms with Crippen LogP contribution in [0.5, 0.6) is 0 Å². The molecule has 0 saturated carbocycles. The number of pyridine rings is 1. The third-order valence-electron chi connectivity index (χ3n) is 4.02. The number of hydrogen-bond acceptors (Lipinski definition) is 5. The topological polar surface area (TPSA) is 80.5 Å². The highest BCUT2D eigenvalue weighted by molar-refractivity contribution is 5.90. The number of anilines is 2. The number of aromatic nitrogens is 1. The molecule has 2 aromatic rings. The lowest BCUT2D eigenvalue weighted by Gasteiger charge is -2.28. The van der Waals surface area contributed by atoms with Crippen LogP contribution in [-0.4, -0.2) is 37.2 Å². The van der Waals surface area contributed by atoms with Crippen LogP contribution in [0.1, 0.15) is 18.0 Å². The third-order valence-corrected chi connectivity index (χ3v) is 4.02. The summed E-state index contributed by atoms with van der Waals surface area (Å²) in [6.07, 6.45) is 2.00. The summed E-state index contributed by atoms with van der Waals surface area (Å²) in [7, 11) is 0. The van der Waals surface area contributed by atoms with Gasteiger partial charge in [-0.25, -0.2) is 4.98 Å². The Morgan fingerprint density at radius 2 is 1.85 bits per heavy atom. The summed E-state index contributed by atoms with van der Waals surface area (Å²) < 4.78 is 5.34. The predicted octanol–water partition coefficient (Wildman–Crippen LogP) is 2.79. The van der Waals surface area contributed by atoms with Gasteiger partial charge in [0.25, 0.3) is 0 Å². The largest absolute Gasteiger partial charge is 0.378 e. The van der Waals surface area contributed by atoms with Gasteiger partial charge in [0.15, 0.2) is 0 Å². The first-order valence-electron chi connectivity index (χ1n) is 8.11. The van der Waals surface area contributed by atoms with E-state index in [2.05, 4.69) is 15.2 Å². The SMILES string of the molecule is Cl.Cl.NC(CC(=O)Nc1ccc(N2CCOCC2)cn1)c1ccccc1. The number of benzene rings is 1. The number of carbonyl (C=O) groups excluding carboxylic acids is 1. The molecule has 3 N–H and O–H groups in total. The molecule has 1 atom stereocenters. The Hall–Kier alpha value is -1.86. The highest BCUT2D eigenvalue weighted by atomic mass is 35.5. The second kappa shape index (κ2) is 11.0. The molecule has 142 valence electrons. The number of amides is 1. The van der Waals surface area contributed by atoms with E-state index in [9.17, 15) is 4.79 Å². The fraction of sp³-hybridized carbons (Fsp3) is 0.333. The first-order valence-corrected chi connectivity index (χ1v) is 8.11. The quantitative estimate of drug-likeness (QED) is 0.808. The maximum absolute atomic E-state index is 12.1. The lowest BCUT2D eigenvalue weighted by molar-refractivity contribution is -0.116. The van der Waals surface area contributed by atoms with Crippen molar-refractivity contribution in [1.82, 2.24) is 4.98 Å². The number of nitrogens with one attached hydrogen (secondary N) is 1. The fourth-order valence-corrected chi connectivity index (χ4v) is 2.68. The molecule has 6 nitrogen and oxygen atoms in total. The summed E-state index contributed by atoms with van der Waals surface area (Å²) in [5.74, 6) is 0.398. The molecule has 0 bridgehead atoms. The minimum atomic E-state index is -0.321. The van der Waals surface area contributed by atoms with Gasteiger partial charge >= 0.3 is 0 Å². The molecule has 0 radical (unpaired) electrons. The highest BCUT2D eigenvalue weighted by Crippen LogP contribution is 2.18. The second-order valence-electron chi connectivity index (χ2n) is 5.77. The van der Waals surface area contributed by atoms with E-state index in [0.717, 1.165) is 37.6 Å². The molecular weight excluding hydrogens is 375 g/mol. The monoisotopic (exact) mass is 398 g/mol. The van der Waals surface area contributed by atoms with Gasteiger partial charge in [0.2, 0.25) is 5.91 Å². The number of nitrogens with zero attached hydrogens (tertiary/aromatic N) is 2. The van der Waals surface area contributed by atoms with E-state index in [1.165, 1.54) is 0 Å². The van der Waals surface area contributed by atoms with Crippen molar-refractivity contribution in [3.63, 3.8) is 0 Å². The van der Waals surface area contributed by atoms with Crippen molar-refractivity contribution in [3.8, 4) is 0 Å². The molecule has 1 saturated heterocycles. The lowest BCUT2D eigenvalue weighted by atomic mass is 10.0. The zero-order valence-electron chi connectivity index (χ0n) is 14.3. The van der Waals surface area contributed by atoms with Crippen LogP contribution in [0.15, 0.2) is 48.7 Å². The zero-order valence-corrected chi connectivity index (χ0v) is 16.0. The van der Waals surface area contributed by atoms with Gasteiger partial charge in [-0.15, -0.1) is 24.8 Å². The van der Waals surface area contributed by atoms with E-state index in [4.69, 9.17) is 10.5 Å². The summed E-state index contributed by atoms with van der Waals surface area (Å²) in [5, 5.41) is 2.80. The number of nitrogens with two attached hydrogens (primary N) is 1. The van der Waals surface area contributed by atoms with E-state index >= 15 is 0 Å². The molecule has 1 fully saturated rings. The summed E-state index contributed by atoms with van der Waals surface area (Å²) in [5.41, 5.74) is 8.06. The van der Waals surface area contributed by atoms with Crippen molar-refractivity contribution in [2.45, 2.75) is 12.5 Å². The maximum atomic E-state index is 12.1. The van der Waals surface area contributed by atoms with Gasteiger partial charge < -0.3 is 20.7 Å². The summed E-state index contributed by atoms with van der Waals surface area (Å²) in [6, 6.07) is 13.1. The standard InChI is InChI=1S/C18H22N4O2.2ClH/c19-16(14-4-2-1-3-5-14)12-18(23)21-17-7-6-15(13-20-17)22-8-10-24-11-9-22;;/h1-7,13,16H,8-12,19H2,(H,20,21,23);2*1H. The molecule has 1 amide bonds. The number of morpholine rings is 1. The van der Waals surface area contributed by atoms with Crippen LogP contribution < -0.4 is 16.0 Å². The van der Waals surface area contributed by atoms with Gasteiger partial charge in [0.05, 0.1) is 25.1 Å². The third kappa shape index (κ3) is 6.14. The fourth-order valence-electron chi connectivity index (χ4n) is 2.68. The van der Waals surface area contributed by atoms with Crippen LogP contribution in [-0.2, 0) is 9.53 Å². The van der Waals surface area contributed by atoms with Crippen molar-refractivity contribution in [2.24, 2.45) is 5.73 Å². The number of rotatable bonds is 5. The Morgan fingerprint density at radius 3 is 2.46 bits per heavy atom. The Labute approximate surface area is 165 Å². The average Bonchev–Trinajstić information content (AvgIpc) is 2.64. The van der Waals surface area contributed by atoms with Crippen LogP contribution in [0, 0.1) is 0 Å². The first-order chi connectivity index (χ1) is 11.7. The van der Waals surface area contributed by atoms with Crippen molar-refractivity contribution < 1.29 is 9.53 Å². The molecule has 1 aliphatic rings. The van der Waals surface area contributed by atoms with Gasteiger partial charge in [-0.1, -0.05) is 30.3 Å². The van der Waals surface area contributed by atoms with Crippen molar-refractivity contribution in [3.05, 3.63) is 54.2 Å². The molecule has 1 aliphatic heterocycles. The van der Waals surface area contributed by atoms with Gasteiger partial charge in [-0.05, 0) is 17.7 Å². The van der Waals surface area contributed by atoms with E-state index in [-0.39, 0.29) is 43.2 Å². The molecular formula is C18H24Cl2N4O2. The second-order valence-corrected chi connectivity index (χ2v) is 5.77. The molecule has 1 aromatic carbocycles. The molecule has 26 heavy (non-hydrogen) atoms. The Bertz CT molecular complexity index is 665. The van der Waals surface area contributed by atoms with Gasteiger partial charge in [0, 0.05) is 25.6 Å². The molecule has 3 rings (SSSR count). The Balaban J connectivity index is 0.00000169. The van der Waals surface area contributed by atoms with Crippen molar-refractivity contribution in [1.29, 1.82) is 0 Å². The predicted molar refractivity (Wildman–Crippen MR) is 108 cm³/mol. The molecule has 0 spiro atoms. The minimum Gasteiger partial charge on any atom is -0.378 e. The summed E-state index contributed by atoms with van der Waals surface area (Å²) in [6.45, 7) is 3.18. The molecule has 8 heteroatoms. The van der Waals surface area contributed by atoms with Crippen LogP contribution in [0.2, 0.25) is 0 Å². The summed E-state index contributed by atoms with van der Waals surface area (Å²) >= 11 is 0. The number of ether oxygens (including phenoxy) is 1. The van der Waals surface area contributed by atoms with E-state index in [0.29, 0.717) is 5.82 Å². The van der Waals surface area contributed by atoms with Crippen LogP contribution in [0.4, 0.5) is 11.5 Å². The number of carbonyl (C=O) groups is 1.